The predicted octanol–water partition coefficient (Wildman–Crippen LogP) is 22.1. The summed E-state index contributed by atoms with van der Waals surface area (Å²) in [6.07, 6.45) is 82.5. The molecule has 2 atom stereocenters. The van der Waals surface area contributed by atoms with E-state index in [1.54, 1.807) is 0 Å². The van der Waals surface area contributed by atoms with Gasteiger partial charge in [0.1, 0.15) is 0 Å². The molecule has 450 valence electrons. The van der Waals surface area contributed by atoms with E-state index in [9.17, 15) is 19.8 Å². The molecule has 2 unspecified atom stereocenters. The molecule has 0 aromatic heterocycles. The van der Waals surface area contributed by atoms with Gasteiger partial charge in [-0.3, -0.25) is 9.59 Å². The highest BCUT2D eigenvalue weighted by atomic mass is 16.5. The number of allylic oxidation sites excluding steroid dienone is 4. The Morgan fingerprint density at radius 1 is 0.368 bits per heavy atom. The molecule has 0 aliphatic carbocycles. The van der Waals surface area contributed by atoms with Crippen LogP contribution in [0.3, 0.4) is 0 Å². The summed E-state index contributed by atoms with van der Waals surface area (Å²) in [5.74, 6) is -0.0166. The molecule has 6 heteroatoms. The highest BCUT2D eigenvalue weighted by molar-refractivity contribution is 5.76. The van der Waals surface area contributed by atoms with Crippen molar-refractivity contribution in [1.82, 2.24) is 5.32 Å². The van der Waals surface area contributed by atoms with Crippen LogP contribution in [-0.2, 0) is 14.3 Å². The van der Waals surface area contributed by atoms with E-state index in [1.165, 1.54) is 302 Å². The van der Waals surface area contributed by atoms with Crippen LogP contribution in [0.15, 0.2) is 24.3 Å². The van der Waals surface area contributed by atoms with Gasteiger partial charge in [-0.05, 0) is 57.8 Å². The van der Waals surface area contributed by atoms with Gasteiger partial charge in [-0.25, -0.2) is 0 Å². The molecule has 0 saturated heterocycles. The van der Waals surface area contributed by atoms with E-state index in [0.717, 1.165) is 51.4 Å². The minimum Gasteiger partial charge on any atom is -0.466 e. The van der Waals surface area contributed by atoms with Gasteiger partial charge in [0.2, 0.25) is 5.91 Å². The normalized spacial score (nSPS) is 12.6. The third kappa shape index (κ3) is 61.6. The maximum atomic E-state index is 12.4. The number of esters is 1. The second-order valence-corrected chi connectivity index (χ2v) is 23.9. The number of nitrogens with one attached hydrogen (secondary N) is 1. The first kappa shape index (κ1) is 74.3. The Balaban J connectivity index is 3.28. The molecule has 0 heterocycles. The van der Waals surface area contributed by atoms with Crippen molar-refractivity contribution in [2.75, 3.05) is 13.2 Å². The fourth-order valence-electron chi connectivity index (χ4n) is 11.0. The number of aliphatic hydroxyl groups excluding tert-OH is 2. The number of carbonyl (C=O) groups excluding carboxylic acids is 2. The summed E-state index contributed by atoms with van der Waals surface area (Å²) >= 11 is 0. The lowest BCUT2D eigenvalue weighted by atomic mass is 10.0. The molecular weight excluding hydrogens is 935 g/mol. The number of unbranched alkanes of at least 4 members (excludes halogenated alkanes) is 50. The molecule has 0 aliphatic rings. The third-order valence-corrected chi connectivity index (χ3v) is 16.3. The zero-order chi connectivity index (χ0) is 55.0. The van der Waals surface area contributed by atoms with E-state index in [0.29, 0.717) is 25.9 Å². The maximum absolute atomic E-state index is 12.4. The lowest BCUT2D eigenvalue weighted by Gasteiger charge is -2.22. The second kappa shape index (κ2) is 65.9. The molecule has 0 spiro atoms. The molecule has 0 aromatic rings. The smallest absolute Gasteiger partial charge is 0.305 e. The van der Waals surface area contributed by atoms with Crippen LogP contribution in [0.25, 0.3) is 0 Å². The van der Waals surface area contributed by atoms with Gasteiger partial charge < -0.3 is 20.3 Å². The van der Waals surface area contributed by atoms with Crippen molar-refractivity contribution >= 4 is 11.9 Å². The number of hydrogen-bond acceptors (Lipinski definition) is 5. The van der Waals surface area contributed by atoms with Crippen LogP contribution in [-0.4, -0.2) is 47.4 Å². The van der Waals surface area contributed by atoms with Crippen molar-refractivity contribution in [3.63, 3.8) is 0 Å². The molecule has 1 amide bonds. The lowest BCUT2D eigenvalue weighted by Crippen LogP contribution is -2.45. The Morgan fingerprint density at radius 2 is 0.658 bits per heavy atom. The largest absolute Gasteiger partial charge is 0.466 e. The Morgan fingerprint density at radius 3 is 1.03 bits per heavy atom. The average Bonchev–Trinajstić information content (AvgIpc) is 3.42. The first-order valence-corrected chi connectivity index (χ1v) is 34.6. The summed E-state index contributed by atoms with van der Waals surface area (Å²) in [4.78, 5) is 24.5. The SMILES string of the molecule is CCCCC/C=C\C/C=C\CCCCCCCCCC(=O)OCCCCCCCCCCCCCCCCCCCCCCCCCCCCCCCCCCCC(=O)NC(CO)C(O)CCCCCCCCCCC. The van der Waals surface area contributed by atoms with Crippen LogP contribution in [0.4, 0.5) is 0 Å². The summed E-state index contributed by atoms with van der Waals surface area (Å²) in [5, 5.41) is 23.1. The van der Waals surface area contributed by atoms with Crippen molar-refractivity contribution < 1.29 is 24.5 Å². The number of carbonyl (C=O) groups is 2. The van der Waals surface area contributed by atoms with Crippen LogP contribution in [0, 0.1) is 0 Å². The molecule has 76 heavy (non-hydrogen) atoms. The van der Waals surface area contributed by atoms with Gasteiger partial charge in [0.15, 0.2) is 0 Å². The average molecular weight is 1070 g/mol. The second-order valence-electron chi connectivity index (χ2n) is 23.9. The molecule has 0 rings (SSSR count). The van der Waals surface area contributed by atoms with E-state index in [4.69, 9.17) is 4.74 Å². The summed E-state index contributed by atoms with van der Waals surface area (Å²) in [5.41, 5.74) is 0. The van der Waals surface area contributed by atoms with E-state index >= 15 is 0 Å². The Labute approximate surface area is 475 Å². The van der Waals surface area contributed by atoms with E-state index < -0.39 is 12.1 Å². The van der Waals surface area contributed by atoms with Crippen molar-refractivity contribution in [2.45, 2.75) is 398 Å². The van der Waals surface area contributed by atoms with Gasteiger partial charge in [-0.1, -0.05) is 340 Å². The van der Waals surface area contributed by atoms with Crippen molar-refractivity contribution in [2.24, 2.45) is 0 Å². The zero-order valence-corrected chi connectivity index (χ0v) is 51.5. The highest BCUT2D eigenvalue weighted by Crippen LogP contribution is 2.19. The van der Waals surface area contributed by atoms with E-state index in [-0.39, 0.29) is 18.5 Å². The summed E-state index contributed by atoms with van der Waals surface area (Å²) in [6, 6.07) is -0.535. The van der Waals surface area contributed by atoms with Crippen LogP contribution < -0.4 is 5.32 Å². The van der Waals surface area contributed by atoms with Crippen LogP contribution in [0.5, 0.6) is 0 Å². The number of hydrogen-bond donors (Lipinski definition) is 3. The summed E-state index contributed by atoms with van der Waals surface area (Å²) in [7, 11) is 0. The zero-order valence-electron chi connectivity index (χ0n) is 51.5. The van der Waals surface area contributed by atoms with Gasteiger partial charge in [-0.2, -0.15) is 0 Å². The number of aliphatic hydroxyl groups is 2. The molecule has 0 radical (unpaired) electrons. The third-order valence-electron chi connectivity index (χ3n) is 16.3. The Kier molecular flexibility index (Phi) is 64.4. The molecular formula is C70H135NO5. The van der Waals surface area contributed by atoms with E-state index in [2.05, 4.69) is 43.5 Å². The standard InChI is InChI=1S/C70H135NO5/c1-3-5-7-9-11-13-14-15-16-34-38-41-44-48-52-56-60-64-70(75)76-65-61-57-53-49-45-42-39-36-33-31-29-27-25-23-21-19-17-18-20-22-24-26-28-30-32-35-37-40-43-47-51-55-59-63-69(74)71-67(66-72)68(73)62-58-54-50-46-12-10-8-6-4-2/h11,13,15-16,67-68,72-73H,3-10,12,14,17-66H2,1-2H3,(H,71,74)/b13-11-,16-15-. The fourth-order valence-corrected chi connectivity index (χ4v) is 11.0. The minimum atomic E-state index is -0.658. The maximum Gasteiger partial charge on any atom is 0.305 e. The molecule has 0 aromatic carbocycles. The molecule has 0 fully saturated rings. The summed E-state index contributed by atoms with van der Waals surface area (Å²) in [6.45, 7) is 4.93. The summed E-state index contributed by atoms with van der Waals surface area (Å²) < 4.78 is 5.50. The molecule has 6 nitrogen and oxygen atoms in total. The van der Waals surface area contributed by atoms with Crippen molar-refractivity contribution in [3.05, 3.63) is 24.3 Å². The van der Waals surface area contributed by atoms with Gasteiger partial charge >= 0.3 is 5.97 Å². The number of ether oxygens (including phenoxy) is 1. The van der Waals surface area contributed by atoms with Crippen molar-refractivity contribution in [3.8, 4) is 0 Å². The lowest BCUT2D eigenvalue weighted by molar-refractivity contribution is -0.143. The topological polar surface area (TPSA) is 95.9 Å². The van der Waals surface area contributed by atoms with E-state index in [1.807, 2.05) is 0 Å². The first-order chi connectivity index (χ1) is 37.5. The molecule has 3 N–H and O–H groups in total. The Hall–Kier alpha value is -1.66. The predicted molar refractivity (Wildman–Crippen MR) is 333 cm³/mol. The monoisotopic (exact) mass is 1070 g/mol. The first-order valence-electron chi connectivity index (χ1n) is 34.6. The highest BCUT2D eigenvalue weighted by Gasteiger charge is 2.20. The number of amides is 1. The van der Waals surface area contributed by atoms with Crippen molar-refractivity contribution in [1.29, 1.82) is 0 Å². The van der Waals surface area contributed by atoms with Gasteiger partial charge in [0.25, 0.3) is 0 Å². The fraction of sp³-hybridized carbons (Fsp3) is 0.914. The number of rotatable bonds is 65. The minimum absolute atomic E-state index is 0.0143. The molecule has 0 bridgehead atoms. The van der Waals surface area contributed by atoms with Crippen LogP contribution in [0.2, 0.25) is 0 Å². The van der Waals surface area contributed by atoms with Crippen LogP contribution in [0.1, 0.15) is 386 Å². The molecule has 0 saturated carbocycles. The van der Waals surface area contributed by atoms with Crippen LogP contribution >= 0.6 is 0 Å². The quantitative estimate of drug-likeness (QED) is 0.0320. The van der Waals surface area contributed by atoms with Gasteiger partial charge in [-0.15, -0.1) is 0 Å². The van der Waals surface area contributed by atoms with Gasteiger partial charge in [0.05, 0.1) is 25.4 Å². The Bertz CT molecular complexity index is 1190. The molecule has 0 aliphatic heterocycles. The van der Waals surface area contributed by atoms with Gasteiger partial charge in [0, 0.05) is 12.8 Å².